The van der Waals surface area contributed by atoms with Crippen molar-refractivity contribution in [3.05, 3.63) is 24.0 Å². The summed E-state index contributed by atoms with van der Waals surface area (Å²) < 4.78 is 1.94. The van der Waals surface area contributed by atoms with Crippen LogP contribution in [0, 0.1) is 0 Å². The summed E-state index contributed by atoms with van der Waals surface area (Å²) in [6, 6.07) is 1.95. The molecule has 0 amide bonds. The van der Waals surface area contributed by atoms with Crippen molar-refractivity contribution in [2.75, 3.05) is 0 Å². The fourth-order valence-electron chi connectivity index (χ4n) is 0.757. The van der Waals surface area contributed by atoms with Crippen LogP contribution in [-0.2, 0) is 13.6 Å². The third kappa shape index (κ3) is 1.55. The molecule has 0 atom stereocenters. The average molecular weight is 126 g/mol. The second-order valence-corrected chi connectivity index (χ2v) is 2.02. The van der Waals surface area contributed by atoms with E-state index in [1.165, 1.54) is 0 Å². The zero-order valence-electron chi connectivity index (χ0n) is 5.33. The van der Waals surface area contributed by atoms with Gasteiger partial charge in [-0.25, -0.2) is 5.48 Å². The van der Waals surface area contributed by atoms with Gasteiger partial charge in [-0.05, 0) is 11.6 Å². The van der Waals surface area contributed by atoms with E-state index in [2.05, 4.69) is 5.48 Å². The lowest BCUT2D eigenvalue weighted by atomic mass is 10.3. The molecule has 9 heavy (non-hydrogen) atoms. The normalized spacial score (nSPS) is 10.0. The lowest BCUT2D eigenvalue weighted by Crippen LogP contribution is -2.04. The standard InChI is InChI=1S/C6H10N2O/c1-8-3-2-6(5-8)4-7-9/h2-3,5,7,9H,4H2,1H3. The summed E-state index contributed by atoms with van der Waals surface area (Å²) in [5, 5.41) is 8.27. The van der Waals surface area contributed by atoms with Crippen LogP contribution in [-0.4, -0.2) is 9.77 Å². The minimum Gasteiger partial charge on any atom is -0.357 e. The summed E-state index contributed by atoms with van der Waals surface area (Å²) in [6.45, 7) is 0.515. The number of nitrogens with one attached hydrogen (secondary N) is 1. The van der Waals surface area contributed by atoms with Crippen LogP contribution in [0.2, 0.25) is 0 Å². The van der Waals surface area contributed by atoms with Gasteiger partial charge in [0, 0.05) is 26.0 Å². The van der Waals surface area contributed by atoms with Gasteiger partial charge in [0.15, 0.2) is 0 Å². The monoisotopic (exact) mass is 126 g/mol. The predicted octanol–water partition coefficient (Wildman–Crippen LogP) is 0.504. The summed E-state index contributed by atoms with van der Waals surface area (Å²) in [5.41, 5.74) is 3.17. The van der Waals surface area contributed by atoms with E-state index in [9.17, 15) is 0 Å². The molecule has 50 valence electrons. The summed E-state index contributed by atoms with van der Waals surface area (Å²) in [5.74, 6) is 0. The van der Waals surface area contributed by atoms with Crippen LogP contribution in [0.15, 0.2) is 18.5 Å². The molecule has 3 heteroatoms. The van der Waals surface area contributed by atoms with E-state index >= 15 is 0 Å². The Morgan fingerprint density at radius 3 is 3.00 bits per heavy atom. The molecular formula is C6H10N2O. The van der Waals surface area contributed by atoms with Gasteiger partial charge in [0.2, 0.25) is 0 Å². The van der Waals surface area contributed by atoms with Crippen molar-refractivity contribution < 1.29 is 5.21 Å². The highest BCUT2D eigenvalue weighted by Gasteiger charge is 1.89. The van der Waals surface area contributed by atoms with Crippen LogP contribution in [0.5, 0.6) is 0 Å². The quantitative estimate of drug-likeness (QED) is 0.566. The first-order valence-corrected chi connectivity index (χ1v) is 2.81. The van der Waals surface area contributed by atoms with Crippen molar-refractivity contribution in [1.82, 2.24) is 10.0 Å². The van der Waals surface area contributed by atoms with Crippen LogP contribution < -0.4 is 5.48 Å². The van der Waals surface area contributed by atoms with E-state index in [1.807, 2.05) is 30.1 Å². The van der Waals surface area contributed by atoms with E-state index in [0.29, 0.717) is 6.54 Å². The summed E-state index contributed by atoms with van der Waals surface area (Å²) >= 11 is 0. The van der Waals surface area contributed by atoms with Crippen molar-refractivity contribution in [3.63, 3.8) is 0 Å². The van der Waals surface area contributed by atoms with Gasteiger partial charge >= 0.3 is 0 Å². The molecule has 1 heterocycles. The van der Waals surface area contributed by atoms with Crippen LogP contribution in [0.1, 0.15) is 5.56 Å². The molecule has 0 bridgehead atoms. The van der Waals surface area contributed by atoms with Gasteiger partial charge in [0.25, 0.3) is 0 Å². The van der Waals surface area contributed by atoms with Crippen molar-refractivity contribution in [2.24, 2.45) is 7.05 Å². The van der Waals surface area contributed by atoms with Crippen LogP contribution in [0.4, 0.5) is 0 Å². The number of hydrogen-bond donors (Lipinski definition) is 2. The maximum absolute atomic E-state index is 8.27. The molecule has 0 aliphatic rings. The molecule has 0 aliphatic heterocycles. The Hall–Kier alpha value is -0.800. The molecule has 0 unspecified atom stereocenters. The fraction of sp³-hybridized carbons (Fsp3) is 0.333. The summed E-state index contributed by atoms with van der Waals surface area (Å²) in [4.78, 5) is 0. The Kier molecular flexibility index (Phi) is 1.87. The maximum Gasteiger partial charge on any atom is 0.0473 e. The zero-order chi connectivity index (χ0) is 6.69. The van der Waals surface area contributed by atoms with Crippen LogP contribution in [0.3, 0.4) is 0 Å². The highest BCUT2D eigenvalue weighted by Crippen LogP contribution is 1.96. The number of aromatic nitrogens is 1. The SMILES string of the molecule is Cn1ccc(CNO)c1. The Labute approximate surface area is 53.9 Å². The topological polar surface area (TPSA) is 37.2 Å². The molecule has 1 rings (SSSR count). The molecular weight excluding hydrogens is 116 g/mol. The van der Waals surface area contributed by atoms with Gasteiger partial charge < -0.3 is 9.77 Å². The van der Waals surface area contributed by atoms with E-state index in [4.69, 9.17) is 5.21 Å². The first kappa shape index (κ1) is 6.32. The Morgan fingerprint density at radius 2 is 2.56 bits per heavy atom. The molecule has 0 saturated carbocycles. The van der Waals surface area contributed by atoms with E-state index < -0.39 is 0 Å². The third-order valence-electron chi connectivity index (χ3n) is 1.18. The molecule has 1 aromatic rings. The van der Waals surface area contributed by atoms with E-state index in [1.54, 1.807) is 0 Å². The molecule has 1 aromatic heterocycles. The maximum atomic E-state index is 8.27. The minimum absolute atomic E-state index is 0.515. The largest absolute Gasteiger partial charge is 0.357 e. The molecule has 2 N–H and O–H groups in total. The van der Waals surface area contributed by atoms with Crippen LogP contribution >= 0.6 is 0 Å². The summed E-state index contributed by atoms with van der Waals surface area (Å²) in [7, 11) is 1.95. The highest BCUT2D eigenvalue weighted by atomic mass is 16.5. The van der Waals surface area contributed by atoms with E-state index in [-0.39, 0.29) is 0 Å². The second-order valence-electron chi connectivity index (χ2n) is 2.02. The molecule has 0 aliphatic carbocycles. The molecule has 0 saturated heterocycles. The first-order chi connectivity index (χ1) is 4.33. The molecule has 0 radical (unpaired) electrons. The average Bonchev–Trinajstić information content (AvgIpc) is 2.17. The second kappa shape index (κ2) is 2.66. The Morgan fingerprint density at radius 1 is 1.78 bits per heavy atom. The van der Waals surface area contributed by atoms with Gasteiger partial charge in [-0.3, -0.25) is 0 Å². The van der Waals surface area contributed by atoms with Gasteiger partial charge in [0.05, 0.1) is 0 Å². The molecule has 0 fully saturated rings. The number of nitrogens with zero attached hydrogens (tertiary/aromatic N) is 1. The van der Waals surface area contributed by atoms with Crippen molar-refractivity contribution in [3.8, 4) is 0 Å². The van der Waals surface area contributed by atoms with E-state index in [0.717, 1.165) is 5.56 Å². The fourth-order valence-corrected chi connectivity index (χ4v) is 0.757. The number of rotatable bonds is 2. The Bertz CT molecular complexity index is 183. The number of aryl methyl sites for hydroxylation is 1. The van der Waals surface area contributed by atoms with Crippen molar-refractivity contribution in [1.29, 1.82) is 0 Å². The van der Waals surface area contributed by atoms with Gasteiger partial charge in [-0.1, -0.05) is 0 Å². The smallest absolute Gasteiger partial charge is 0.0473 e. The predicted molar refractivity (Wildman–Crippen MR) is 34.0 cm³/mol. The summed E-state index contributed by atoms with van der Waals surface area (Å²) in [6.07, 6.45) is 3.88. The van der Waals surface area contributed by atoms with Crippen LogP contribution in [0.25, 0.3) is 0 Å². The lowest BCUT2D eigenvalue weighted by Gasteiger charge is -1.90. The first-order valence-electron chi connectivity index (χ1n) is 2.81. The highest BCUT2D eigenvalue weighted by molar-refractivity contribution is 5.08. The van der Waals surface area contributed by atoms with Crippen molar-refractivity contribution in [2.45, 2.75) is 6.54 Å². The van der Waals surface area contributed by atoms with Gasteiger partial charge in [-0.2, -0.15) is 0 Å². The Balaban J connectivity index is 2.61. The third-order valence-corrected chi connectivity index (χ3v) is 1.18. The van der Waals surface area contributed by atoms with Gasteiger partial charge in [0.1, 0.15) is 0 Å². The molecule has 0 aromatic carbocycles. The lowest BCUT2D eigenvalue weighted by molar-refractivity contribution is 0.161. The zero-order valence-corrected chi connectivity index (χ0v) is 5.33. The van der Waals surface area contributed by atoms with Gasteiger partial charge in [-0.15, -0.1) is 0 Å². The number of hydrogen-bond acceptors (Lipinski definition) is 2. The van der Waals surface area contributed by atoms with Crippen molar-refractivity contribution >= 4 is 0 Å². The molecule has 0 spiro atoms. The molecule has 3 nitrogen and oxygen atoms in total. The minimum atomic E-state index is 0.515. The number of hydroxylamine groups is 1.